The fraction of sp³-hybridized carbons (Fsp3) is 0.727. The van der Waals surface area contributed by atoms with Crippen molar-refractivity contribution in [1.29, 1.82) is 0 Å². The number of carbonyl (C=O) groups excluding carboxylic acids is 1. The van der Waals surface area contributed by atoms with Crippen molar-refractivity contribution >= 4 is 5.91 Å². The molecular weight excluding hydrogens is 162 g/mol. The minimum atomic E-state index is 0.0685. The Balaban J connectivity index is 3.67. The van der Waals surface area contributed by atoms with Crippen LogP contribution in [0.3, 0.4) is 0 Å². The predicted molar refractivity (Wildman–Crippen MR) is 56.6 cm³/mol. The normalized spacial score (nSPS) is 11.5. The van der Waals surface area contributed by atoms with Gasteiger partial charge in [-0.25, -0.2) is 0 Å². The molecular formula is C11H21NO. The van der Waals surface area contributed by atoms with Crippen LogP contribution in [0.2, 0.25) is 0 Å². The summed E-state index contributed by atoms with van der Waals surface area (Å²) >= 11 is 0. The molecule has 0 unspecified atom stereocenters. The van der Waals surface area contributed by atoms with Crippen LogP contribution in [0.4, 0.5) is 0 Å². The Hall–Kier alpha value is -0.790. The maximum atomic E-state index is 11.2. The highest BCUT2D eigenvalue weighted by molar-refractivity contribution is 5.92. The molecule has 0 spiro atoms. The lowest BCUT2D eigenvalue weighted by Crippen LogP contribution is -2.23. The van der Waals surface area contributed by atoms with Gasteiger partial charge in [0.15, 0.2) is 0 Å². The van der Waals surface area contributed by atoms with Gasteiger partial charge in [0.2, 0.25) is 5.91 Å². The largest absolute Gasteiger partial charge is 0.353 e. The Kier molecular flexibility index (Phi) is 7.36. The highest BCUT2D eigenvalue weighted by Gasteiger charge is 1.99. The Bertz CT molecular complexity index is 173. The van der Waals surface area contributed by atoms with Crippen LogP contribution < -0.4 is 5.32 Å². The second-order valence-corrected chi connectivity index (χ2v) is 3.24. The topological polar surface area (TPSA) is 29.1 Å². The van der Waals surface area contributed by atoms with Gasteiger partial charge in [0.1, 0.15) is 0 Å². The van der Waals surface area contributed by atoms with Crippen LogP contribution in [-0.2, 0) is 4.79 Å². The zero-order chi connectivity index (χ0) is 10.1. The molecule has 0 aromatic heterocycles. The average Bonchev–Trinajstić information content (AvgIpc) is 2.12. The molecule has 0 bridgehead atoms. The lowest BCUT2D eigenvalue weighted by molar-refractivity contribution is -0.117. The molecule has 0 aliphatic rings. The molecule has 2 heteroatoms. The molecule has 0 aromatic rings. The lowest BCUT2D eigenvalue weighted by atomic mass is 10.1. The third kappa shape index (κ3) is 6.38. The highest BCUT2D eigenvalue weighted by Crippen LogP contribution is 2.03. The van der Waals surface area contributed by atoms with E-state index < -0.39 is 0 Å². The zero-order valence-electron chi connectivity index (χ0n) is 9.02. The summed E-state index contributed by atoms with van der Waals surface area (Å²) in [7, 11) is 0. The van der Waals surface area contributed by atoms with Crippen LogP contribution in [0.1, 0.15) is 46.5 Å². The molecule has 13 heavy (non-hydrogen) atoms. The average molecular weight is 183 g/mol. The number of hydrogen-bond acceptors (Lipinski definition) is 1. The number of allylic oxidation sites excluding steroid dienone is 1. The highest BCUT2D eigenvalue weighted by atomic mass is 16.1. The standard InChI is InChI=1S/C11H21NO/c1-4-6-7-8-9-10(3)11(13)12-5-2/h9H,4-8H2,1-3H3,(H,12,13)/b10-9+. The van der Waals surface area contributed by atoms with Crippen molar-refractivity contribution in [2.75, 3.05) is 6.54 Å². The fourth-order valence-corrected chi connectivity index (χ4v) is 1.11. The van der Waals surface area contributed by atoms with Crippen LogP contribution >= 0.6 is 0 Å². The van der Waals surface area contributed by atoms with E-state index in [1.165, 1.54) is 19.3 Å². The molecule has 0 rings (SSSR count). The molecule has 0 atom stereocenters. The number of nitrogens with one attached hydrogen (secondary N) is 1. The van der Waals surface area contributed by atoms with Gasteiger partial charge >= 0.3 is 0 Å². The maximum Gasteiger partial charge on any atom is 0.246 e. The molecule has 76 valence electrons. The van der Waals surface area contributed by atoms with Crippen molar-refractivity contribution in [3.05, 3.63) is 11.6 Å². The summed E-state index contributed by atoms with van der Waals surface area (Å²) < 4.78 is 0. The third-order valence-corrected chi connectivity index (χ3v) is 1.95. The Morgan fingerprint density at radius 3 is 2.54 bits per heavy atom. The lowest BCUT2D eigenvalue weighted by Gasteiger charge is -2.01. The quantitative estimate of drug-likeness (QED) is 0.498. The molecule has 1 N–H and O–H groups in total. The van der Waals surface area contributed by atoms with Crippen LogP contribution in [0, 0.1) is 0 Å². The molecule has 0 saturated carbocycles. The molecule has 0 radical (unpaired) electrons. The first-order chi connectivity index (χ1) is 6.22. The number of hydrogen-bond donors (Lipinski definition) is 1. The van der Waals surface area contributed by atoms with Crippen LogP contribution in [-0.4, -0.2) is 12.5 Å². The van der Waals surface area contributed by atoms with Crippen molar-refractivity contribution in [1.82, 2.24) is 5.32 Å². The van der Waals surface area contributed by atoms with E-state index >= 15 is 0 Å². The first-order valence-corrected chi connectivity index (χ1v) is 5.17. The fourth-order valence-electron chi connectivity index (χ4n) is 1.11. The Labute approximate surface area is 81.4 Å². The van der Waals surface area contributed by atoms with Gasteiger partial charge in [-0.3, -0.25) is 4.79 Å². The minimum Gasteiger partial charge on any atom is -0.353 e. The molecule has 0 aromatic carbocycles. The summed E-state index contributed by atoms with van der Waals surface area (Å²) in [5.74, 6) is 0.0685. The Morgan fingerprint density at radius 1 is 1.31 bits per heavy atom. The van der Waals surface area contributed by atoms with E-state index in [9.17, 15) is 4.79 Å². The summed E-state index contributed by atoms with van der Waals surface area (Å²) in [4.78, 5) is 11.2. The van der Waals surface area contributed by atoms with Gasteiger partial charge in [0.05, 0.1) is 0 Å². The molecule has 0 fully saturated rings. The van der Waals surface area contributed by atoms with Gasteiger partial charge in [-0.15, -0.1) is 0 Å². The zero-order valence-corrected chi connectivity index (χ0v) is 9.02. The van der Waals surface area contributed by atoms with Gasteiger partial charge in [-0.05, 0) is 26.7 Å². The summed E-state index contributed by atoms with van der Waals surface area (Å²) in [6.07, 6.45) is 6.72. The monoisotopic (exact) mass is 183 g/mol. The summed E-state index contributed by atoms with van der Waals surface area (Å²) in [6, 6.07) is 0. The van der Waals surface area contributed by atoms with Crippen molar-refractivity contribution in [2.45, 2.75) is 46.5 Å². The maximum absolute atomic E-state index is 11.2. The molecule has 2 nitrogen and oxygen atoms in total. The van der Waals surface area contributed by atoms with E-state index in [2.05, 4.69) is 12.2 Å². The molecule has 0 aliphatic carbocycles. The Morgan fingerprint density at radius 2 is 2.00 bits per heavy atom. The van der Waals surface area contributed by atoms with E-state index in [1.54, 1.807) is 0 Å². The molecule has 1 amide bonds. The van der Waals surface area contributed by atoms with Crippen LogP contribution in [0.15, 0.2) is 11.6 Å². The molecule has 0 aliphatic heterocycles. The summed E-state index contributed by atoms with van der Waals surface area (Å²) in [6.45, 7) is 6.69. The van der Waals surface area contributed by atoms with Crippen LogP contribution in [0.25, 0.3) is 0 Å². The van der Waals surface area contributed by atoms with Gasteiger partial charge < -0.3 is 5.32 Å². The van der Waals surface area contributed by atoms with E-state index in [4.69, 9.17) is 0 Å². The smallest absolute Gasteiger partial charge is 0.246 e. The number of likely N-dealkylation sites (N-methyl/N-ethyl adjacent to an activating group) is 1. The number of carbonyl (C=O) groups is 1. The van der Waals surface area contributed by atoms with Crippen molar-refractivity contribution in [3.8, 4) is 0 Å². The van der Waals surface area contributed by atoms with E-state index in [0.29, 0.717) is 6.54 Å². The predicted octanol–water partition coefficient (Wildman–Crippen LogP) is 2.65. The van der Waals surface area contributed by atoms with Crippen LogP contribution in [0.5, 0.6) is 0 Å². The van der Waals surface area contributed by atoms with E-state index in [-0.39, 0.29) is 5.91 Å². The SMILES string of the molecule is CCCCC/C=C(\C)C(=O)NCC. The third-order valence-electron chi connectivity index (χ3n) is 1.95. The van der Waals surface area contributed by atoms with Crippen molar-refractivity contribution < 1.29 is 4.79 Å². The first kappa shape index (κ1) is 12.2. The van der Waals surface area contributed by atoms with Crippen molar-refractivity contribution in [3.63, 3.8) is 0 Å². The first-order valence-electron chi connectivity index (χ1n) is 5.17. The summed E-state index contributed by atoms with van der Waals surface area (Å²) in [5.41, 5.74) is 0.845. The van der Waals surface area contributed by atoms with Gasteiger partial charge in [0, 0.05) is 12.1 Å². The van der Waals surface area contributed by atoms with E-state index in [1.807, 2.05) is 19.9 Å². The molecule has 0 heterocycles. The second-order valence-electron chi connectivity index (χ2n) is 3.24. The second kappa shape index (κ2) is 7.84. The van der Waals surface area contributed by atoms with Gasteiger partial charge in [0.25, 0.3) is 0 Å². The number of unbranched alkanes of at least 4 members (excludes halogenated alkanes) is 3. The molecule has 0 saturated heterocycles. The minimum absolute atomic E-state index is 0.0685. The van der Waals surface area contributed by atoms with E-state index in [0.717, 1.165) is 12.0 Å². The van der Waals surface area contributed by atoms with Gasteiger partial charge in [-0.1, -0.05) is 25.8 Å². The van der Waals surface area contributed by atoms with Crippen molar-refractivity contribution in [2.24, 2.45) is 0 Å². The number of rotatable bonds is 6. The summed E-state index contributed by atoms with van der Waals surface area (Å²) in [5, 5.41) is 2.78. The van der Waals surface area contributed by atoms with Gasteiger partial charge in [-0.2, -0.15) is 0 Å². The number of amides is 1.